The number of fused-ring (bicyclic) bond motifs is 1. The van der Waals surface area contributed by atoms with E-state index >= 15 is 0 Å². The van der Waals surface area contributed by atoms with E-state index in [2.05, 4.69) is 41.9 Å². The predicted molar refractivity (Wildman–Crippen MR) is 154 cm³/mol. The van der Waals surface area contributed by atoms with E-state index in [1.54, 1.807) is 30.3 Å². The van der Waals surface area contributed by atoms with Crippen molar-refractivity contribution >= 4 is 66.3 Å². The summed E-state index contributed by atoms with van der Waals surface area (Å²) in [7, 11) is 0. The summed E-state index contributed by atoms with van der Waals surface area (Å²) >= 11 is 13.5. The van der Waals surface area contributed by atoms with E-state index in [1.807, 2.05) is 19.9 Å². The Morgan fingerprint density at radius 1 is 1.16 bits per heavy atom. The Morgan fingerprint density at radius 3 is 2.66 bits per heavy atom. The summed E-state index contributed by atoms with van der Waals surface area (Å²) in [5.74, 6) is 1.13. The van der Waals surface area contributed by atoms with Crippen LogP contribution in [-0.2, 0) is 13.0 Å². The van der Waals surface area contributed by atoms with E-state index in [0.29, 0.717) is 51.1 Å². The Morgan fingerprint density at radius 2 is 1.95 bits per heavy atom. The number of hydrogen-bond acceptors (Lipinski definition) is 7. The van der Waals surface area contributed by atoms with Crippen LogP contribution in [0.4, 0.5) is 5.69 Å². The van der Waals surface area contributed by atoms with Crippen LogP contribution in [-0.4, -0.2) is 27.4 Å². The lowest BCUT2D eigenvalue weighted by molar-refractivity contribution is -0.384. The summed E-state index contributed by atoms with van der Waals surface area (Å²) in [4.78, 5) is 28.4. The van der Waals surface area contributed by atoms with Crippen molar-refractivity contribution in [3.05, 3.63) is 99.9 Å². The zero-order chi connectivity index (χ0) is 27.4. The van der Waals surface area contributed by atoms with E-state index in [9.17, 15) is 14.9 Å². The summed E-state index contributed by atoms with van der Waals surface area (Å²) in [6.45, 7) is 4.09. The van der Waals surface area contributed by atoms with Crippen LogP contribution in [0.1, 0.15) is 30.8 Å². The summed E-state index contributed by atoms with van der Waals surface area (Å²) in [6, 6.07) is 13.2. The van der Waals surface area contributed by atoms with Gasteiger partial charge in [-0.2, -0.15) is 9.78 Å². The standard InChI is InChI=1S/C26H21Br2ClN4O5/c1-3-22-31-20-9-8-17(27)12-19(20)26(34)32(22)30-13-16-11-21(37-4-2)25(24(29)23(16)28)38-14-15-6-5-7-18(10-15)33(35)36/h5-13H,3-4,14H2,1-2H3. The van der Waals surface area contributed by atoms with E-state index in [1.165, 1.54) is 23.0 Å². The van der Waals surface area contributed by atoms with Crippen molar-refractivity contribution in [2.45, 2.75) is 26.9 Å². The van der Waals surface area contributed by atoms with Crippen molar-refractivity contribution in [3.8, 4) is 11.5 Å². The molecule has 12 heteroatoms. The molecule has 4 aromatic rings. The fourth-order valence-electron chi connectivity index (χ4n) is 3.67. The van der Waals surface area contributed by atoms with Gasteiger partial charge in [0.15, 0.2) is 11.5 Å². The number of rotatable bonds is 9. The molecule has 38 heavy (non-hydrogen) atoms. The normalized spacial score (nSPS) is 11.3. The van der Waals surface area contributed by atoms with Crippen molar-refractivity contribution in [2.24, 2.45) is 5.10 Å². The second-order valence-corrected chi connectivity index (χ2v) is 10.1. The molecule has 0 aliphatic carbocycles. The number of benzene rings is 3. The molecule has 1 heterocycles. The number of ether oxygens (including phenoxy) is 2. The van der Waals surface area contributed by atoms with E-state index < -0.39 is 4.92 Å². The van der Waals surface area contributed by atoms with E-state index in [-0.39, 0.29) is 28.6 Å². The summed E-state index contributed by atoms with van der Waals surface area (Å²) < 4.78 is 14.2. The van der Waals surface area contributed by atoms with Gasteiger partial charge in [0.25, 0.3) is 11.2 Å². The Hall–Kier alpha value is -3.28. The molecule has 0 bridgehead atoms. The van der Waals surface area contributed by atoms with Gasteiger partial charge < -0.3 is 9.47 Å². The SMILES string of the molecule is CCOc1cc(C=Nn2c(CC)nc3ccc(Br)cc3c2=O)c(Br)c(Cl)c1OCc1cccc([N+](=O)[O-])c1. The fourth-order valence-corrected chi connectivity index (χ4v) is 4.69. The molecule has 0 aliphatic rings. The summed E-state index contributed by atoms with van der Waals surface area (Å²) in [6.07, 6.45) is 1.99. The first-order chi connectivity index (χ1) is 18.2. The highest BCUT2D eigenvalue weighted by atomic mass is 79.9. The van der Waals surface area contributed by atoms with Crippen LogP contribution in [0.2, 0.25) is 5.02 Å². The minimum Gasteiger partial charge on any atom is -0.490 e. The number of nitrogens with zero attached hydrogens (tertiary/aromatic N) is 4. The number of nitro benzene ring substituents is 1. The lowest BCUT2D eigenvalue weighted by Gasteiger charge is -2.16. The minimum atomic E-state index is -0.466. The van der Waals surface area contributed by atoms with Crippen LogP contribution in [0.3, 0.4) is 0 Å². The summed E-state index contributed by atoms with van der Waals surface area (Å²) in [5.41, 5.74) is 1.40. The van der Waals surface area contributed by atoms with Crippen LogP contribution in [0, 0.1) is 10.1 Å². The first-order valence-corrected chi connectivity index (χ1v) is 13.5. The molecular formula is C26H21Br2ClN4O5. The van der Waals surface area contributed by atoms with Crippen molar-refractivity contribution in [2.75, 3.05) is 6.61 Å². The highest BCUT2D eigenvalue weighted by Gasteiger charge is 2.18. The van der Waals surface area contributed by atoms with Crippen LogP contribution >= 0.6 is 43.5 Å². The number of hydrogen-bond donors (Lipinski definition) is 0. The van der Waals surface area contributed by atoms with Gasteiger partial charge in [0, 0.05) is 33.1 Å². The van der Waals surface area contributed by atoms with Gasteiger partial charge >= 0.3 is 0 Å². The van der Waals surface area contributed by atoms with Crippen molar-refractivity contribution in [3.63, 3.8) is 0 Å². The van der Waals surface area contributed by atoms with Crippen molar-refractivity contribution < 1.29 is 14.4 Å². The molecule has 0 saturated heterocycles. The van der Waals surface area contributed by atoms with Crippen molar-refractivity contribution in [1.29, 1.82) is 0 Å². The monoisotopic (exact) mass is 662 g/mol. The molecule has 0 radical (unpaired) electrons. The largest absolute Gasteiger partial charge is 0.490 e. The Kier molecular flexibility index (Phi) is 8.80. The second kappa shape index (κ2) is 12.1. The Bertz CT molecular complexity index is 1620. The Labute approximate surface area is 239 Å². The molecule has 0 saturated carbocycles. The maximum absolute atomic E-state index is 13.2. The number of aryl methyl sites for hydroxylation is 1. The first kappa shape index (κ1) is 27.7. The molecule has 9 nitrogen and oxygen atoms in total. The number of non-ortho nitro benzene ring substituents is 1. The van der Waals surface area contributed by atoms with Gasteiger partial charge in [-0.25, -0.2) is 4.98 Å². The van der Waals surface area contributed by atoms with Gasteiger partial charge in [0.2, 0.25) is 0 Å². The van der Waals surface area contributed by atoms with Gasteiger partial charge in [-0.3, -0.25) is 14.9 Å². The third kappa shape index (κ3) is 5.90. The maximum atomic E-state index is 13.2. The predicted octanol–water partition coefficient (Wildman–Crippen LogP) is 6.91. The maximum Gasteiger partial charge on any atom is 0.282 e. The van der Waals surface area contributed by atoms with E-state index in [4.69, 9.17) is 21.1 Å². The topological polar surface area (TPSA) is 109 Å². The second-order valence-electron chi connectivity index (χ2n) is 7.97. The summed E-state index contributed by atoms with van der Waals surface area (Å²) in [5, 5.41) is 16.2. The molecule has 0 atom stereocenters. The van der Waals surface area contributed by atoms with Crippen LogP contribution in [0.5, 0.6) is 11.5 Å². The van der Waals surface area contributed by atoms with Gasteiger partial charge in [-0.1, -0.05) is 46.6 Å². The molecule has 4 rings (SSSR count). The highest BCUT2D eigenvalue weighted by molar-refractivity contribution is 9.10. The zero-order valence-electron chi connectivity index (χ0n) is 20.3. The minimum absolute atomic E-state index is 0.0350. The number of nitro groups is 1. The van der Waals surface area contributed by atoms with Gasteiger partial charge in [-0.05, 0) is 52.7 Å². The molecule has 196 valence electrons. The van der Waals surface area contributed by atoms with Crippen molar-refractivity contribution in [1.82, 2.24) is 9.66 Å². The van der Waals surface area contributed by atoms with Gasteiger partial charge in [-0.15, -0.1) is 0 Å². The quantitative estimate of drug-likeness (QED) is 0.109. The molecule has 0 spiro atoms. The molecule has 0 unspecified atom stereocenters. The van der Waals surface area contributed by atoms with Gasteiger partial charge in [0.1, 0.15) is 17.5 Å². The average molecular weight is 665 g/mol. The third-order valence-corrected chi connectivity index (χ3v) is 7.40. The fraction of sp³-hybridized carbons (Fsp3) is 0.192. The smallest absolute Gasteiger partial charge is 0.282 e. The molecule has 0 fully saturated rings. The first-order valence-electron chi connectivity index (χ1n) is 11.5. The lowest BCUT2D eigenvalue weighted by Crippen LogP contribution is -2.22. The molecule has 0 N–H and O–H groups in total. The highest BCUT2D eigenvalue weighted by Crippen LogP contribution is 2.42. The zero-order valence-corrected chi connectivity index (χ0v) is 24.2. The van der Waals surface area contributed by atoms with Crippen LogP contribution in [0.15, 0.2) is 67.4 Å². The Balaban J connectivity index is 1.71. The molecule has 0 amide bonds. The number of aromatic nitrogens is 2. The van der Waals surface area contributed by atoms with Crippen LogP contribution in [0.25, 0.3) is 10.9 Å². The average Bonchev–Trinajstić information content (AvgIpc) is 2.90. The van der Waals surface area contributed by atoms with Crippen LogP contribution < -0.4 is 15.0 Å². The lowest BCUT2D eigenvalue weighted by atomic mass is 10.2. The molecule has 3 aromatic carbocycles. The molecule has 0 aliphatic heterocycles. The molecule has 1 aromatic heterocycles. The van der Waals surface area contributed by atoms with E-state index in [0.717, 1.165) is 4.47 Å². The molecular weight excluding hydrogens is 644 g/mol. The number of halogens is 3. The third-order valence-electron chi connectivity index (χ3n) is 5.46. The van der Waals surface area contributed by atoms with Gasteiger partial charge in [0.05, 0.1) is 28.6 Å².